The monoisotopic (exact) mass is 478 g/mol. The molecule has 0 aliphatic carbocycles. The SMILES string of the molecule is CC(C)S(=O)(=O)c1ccc(NC(=O)c2n[nH]c3ccc(-c4cncc(CN(C)C)c4)cc23)cn1. The fourth-order valence-electron chi connectivity index (χ4n) is 3.52. The molecule has 3 aromatic heterocycles. The number of pyridine rings is 2. The van der Waals surface area contributed by atoms with Crippen LogP contribution in [0, 0.1) is 0 Å². The highest BCUT2D eigenvalue weighted by molar-refractivity contribution is 7.91. The Morgan fingerprint density at radius 3 is 2.53 bits per heavy atom. The Balaban J connectivity index is 1.60. The molecule has 2 N–H and O–H groups in total. The number of hydrogen-bond acceptors (Lipinski definition) is 7. The Labute approximate surface area is 198 Å². The van der Waals surface area contributed by atoms with Crippen LogP contribution in [0.3, 0.4) is 0 Å². The van der Waals surface area contributed by atoms with Gasteiger partial charge < -0.3 is 10.2 Å². The zero-order chi connectivity index (χ0) is 24.5. The van der Waals surface area contributed by atoms with Crippen LogP contribution >= 0.6 is 0 Å². The second kappa shape index (κ2) is 9.32. The van der Waals surface area contributed by atoms with Crippen molar-refractivity contribution >= 4 is 32.3 Å². The Kier molecular flexibility index (Phi) is 6.45. The Morgan fingerprint density at radius 1 is 1.06 bits per heavy atom. The van der Waals surface area contributed by atoms with Gasteiger partial charge in [-0.2, -0.15) is 5.10 Å². The molecule has 10 heteroatoms. The third-order valence-corrected chi connectivity index (χ3v) is 7.38. The van der Waals surface area contributed by atoms with Crippen LogP contribution in [0.15, 0.2) is 60.0 Å². The molecule has 0 saturated carbocycles. The number of H-pyrrole nitrogens is 1. The van der Waals surface area contributed by atoms with Gasteiger partial charge >= 0.3 is 0 Å². The number of hydrogen-bond donors (Lipinski definition) is 2. The number of fused-ring (bicyclic) bond motifs is 1. The van der Waals surface area contributed by atoms with E-state index in [0.717, 1.165) is 28.8 Å². The molecule has 4 rings (SSSR count). The molecule has 176 valence electrons. The minimum absolute atomic E-state index is 0.0273. The minimum Gasteiger partial charge on any atom is -0.319 e. The maximum atomic E-state index is 12.9. The summed E-state index contributed by atoms with van der Waals surface area (Å²) < 4.78 is 24.5. The summed E-state index contributed by atoms with van der Waals surface area (Å²) in [6.07, 6.45) is 4.96. The van der Waals surface area contributed by atoms with E-state index in [4.69, 9.17) is 0 Å². The first-order valence-corrected chi connectivity index (χ1v) is 12.3. The second-order valence-electron chi connectivity index (χ2n) is 8.59. The van der Waals surface area contributed by atoms with Gasteiger partial charge in [-0.1, -0.05) is 6.07 Å². The highest BCUT2D eigenvalue weighted by Gasteiger charge is 2.21. The molecule has 0 atom stereocenters. The molecule has 1 amide bonds. The number of benzene rings is 1. The third-order valence-electron chi connectivity index (χ3n) is 5.31. The van der Waals surface area contributed by atoms with Crippen LogP contribution in [0.25, 0.3) is 22.0 Å². The molecule has 1 aromatic carbocycles. The predicted octanol–water partition coefficient (Wildman–Crippen LogP) is 3.52. The van der Waals surface area contributed by atoms with Gasteiger partial charge in [-0.3, -0.25) is 14.9 Å². The van der Waals surface area contributed by atoms with Crippen LogP contribution in [-0.4, -0.2) is 58.7 Å². The number of rotatable bonds is 7. The van der Waals surface area contributed by atoms with Gasteiger partial charge in [-0.05, 0) is 69.4 Å². The largest absolute Gasteiger partial charge is 0.319 e. The van der Waals surface area contributed by atoms with Crippen LogP contribution in [0.1, 0.15) is 29.9 Å². The molecule has 0 radical (unpaired) electrons. The van der Waals surface area contributed by atoms with Crippen LogP contribution < -0.4 is 5.32 Å². The number of carbonyl (C=O) groups is 1. The molecule has 0 aliphatic rings. The molecule has 9 nitrogen and oxygen atoms in total. The zero-order valence-corrected chi connectivity index (χ0v) is 20.2. The van der Waals surface area contributed by atoms with Crippen molar-refractivity contribution in [2.45, 2.75) is 30.7 Å². The van der Waals surface area contributed by atoms with Crippen LogP contribution in [-0.2, 0) is 16.4 Å². The van der Waals surface area contributed by atoms with E-state index in [1.165, 1.54) is 18.3 Å². The summed E-state index contributed by atoms with van der Waals surface area (Å²) >= 11 is 0. The van der Waals surface area contributed by atoms with Crippen molar-refractivity contribution in [3.05, 3.63) is 66.2 Å². The van der Waals surface area contributed by atoms with Gasteiger partial charge in [-0.25, -0.2) is 13.4 Å². The first kappa shape index (κ1) is 23.5. The summed E-state index contributed by atoms with van der Waals surface area (Å²) in [5.74, 6) is -0.427. The van der Waals surface area contributed by atoms with E-state index in [0.29, 0.717) is 11.1 Å². The fraction of sp³-hybridized carbons (Fsp3) is 0.250. The van der Waals surface area contributed by atoms with Crippen molar-refractivity contribution in [1.82, 2.24) is 25.1 Å². The zero-order valence-electron chi connectivity index (χ0n) is 19.4. The number of sulfone groups is 1. The van der Waals surface area contributed by atoms with Gasteiger partial charge in [0.2, 0.25) is 0 Å². The van der Waals surface area contributed by atoms with Crippen molar-refractivity contribution in [3.8, 4) is 11.1 Å². The molecule has 0 bridgehead atoms. The summed E-state index contributed by atoms with van der Waals surface area (Å²) in [5.41, 5.74) is 4.28. The quantitative estimate of drug-likeness (QED) is 0.417. The van der Waals surface area contributed by atoms with Gasteiger partial charge in [0.05, 0.1) is 22.7 Å². The molecule has 34 heavy (non-hydrogen) atoms. The number of carbonyl (C=O) groups excluding carboxylic acids is 1. The summed E-state index contributed by atoms with van der Waals surface area (Å²) in [5, 5.41) is 9.87. The smallest absolute Gasteiger partial charge is 0.276 e. The maximum absolute atomic E-state index is 12.9. The average Bonchev–Trinajstić information content (AvgIpc) is 3.22. The normalized spacial score (nSPS) is 11.9. The predicted molar refractivity (Wildman–Crippen MR) is 131 cm³/mol. The maximum Gasteiger partial charge on any atom is 0.276 e. The van der Waals surface area contributed by atoms with E-state index >= 15 is 0 Å². The van der Waals surface area contributed by atoms with E-state index in [-0.39, 0.29) is 10.7 Å². The lowest BCUT2D eigenvalue weighted by Crippen LogP contribution is -2.16. The molecule has 4 aromatic rings. The van der Waals surface area contributed by atoms with Crippen molar-refractivity contribution < 1.29 is 13.2 Å². The van der Waals surface area contributed by atoms with Crippen molar-refractivity contribution in [2.75, 3.05) is 19.4 Å². The second-order valence-corrected chi connectivity index (χ2v) is 11.0. The molecule has 0 spiro atoms. The van der Waals surface area contributed by atoms with Crippen LogP contribution in [0.2, 0.25) is 0 Å². The number of nitrogens with zero attached hydrogens (tertiary/aromatic N) is 4. The number of amides is 1. The number of aromatic nitrogens is 4. The lowest BCUT2D eigenvalue weighted by atomic mass is 10.0. The van der Waals surface area contributed by atoms with Crippen LogP contribution in [0.5, 0.6) is 0 Å². The lowest BCUT2D eigenvalue weighted by molar-refractivity contribution is 0.102. The number of anilines is 1. The first-order chi connectivity index (χ1) is 16.1. The highest BCUT2D eigenvalue weighted by atomic mass is 32.2. The minimum atomic E-state index is -3.48. The topological polar surface area (TPSA) is 121 Å². The van der Waals surface area contributed by atoms with E-state index < -0.39 is 21.0 Å². The third kappa shape index (κ3) is 4.82. The standard InChI is InChI=1S/C24H26N6O3S/c1-15(2)34(32,33)22-8-6-19(13-26-22)27-24(31)23-20-10-17(5-7-21(20)28-29-23)18-9-16(11-25-12-18)14-30(3)4/h5-13,15H,14H2,1-4H3,(H,27,31)(H,28,29). The van der Waals surface area contributed by atoms with E-state index in [1.807, 2.05) is 38.5 Å². The molecular formula is C24H26N6O3S. The lowest BCUT2D eigenvalue weighted by Gasteiger charge is -2.10. The Hall–Kier alpha value is -3.63. The van der Waals surface area contributed by atoms with Gasteiger partial charge in [0.25, 0.3) is 5.91 Å². The molecule has 3 heterocycles. The van der Waals surface area contributed by atoms with Gasteiger partial charge in [0.15, 0.2) is 20.6 Å². The number of aromatic amines is 1. The highest BCUT2D eigenvalue weighted by Crippen LogP contribution is 2.26. The molecule has 0 fully saturated rings. The Bertz CT molecular complexity index is 1440. The van der Waals surface area contributed by atoms with E-state index in [9.17, 15) is 13.2 Å². The summed E-state index contributed by atoms with van der Waals surface area (Å²) in [6, 6.07) is 10.7. The molecular weight excluding hydrogens is 452 g/mol. The molecule has 0 unspecified atom stereocenters. The number of nitrogens with one attached hydrogen (secondary N) is 2. The first-order valence-electron chi connectivity index (χ1n) is 10.7. The van der Waals surface area contributed by atoms with Crippen molar-refractivity contribution in [1.29, 1.82) is 0 Å². The Morgan fingerprint density at radius 2 is 1.85 bits per heavy atom. The van der Waals surface area contributed by atoms with Gasteiger partial charge in [-0.15, -0.1) is 0 Å². The summed E-state index contributed by atoms with van der Waals surface area (Å²) in [7, 11) is 0.519. The van der Waals surface area contributed by atoms with Gasteiger partial charge in [0, 0.05) is 29.9 Å². The molecule has 0 aliphatic heterocycles. The summed E-state index contributed by atoms with van der Waals surface area (Å²) in [6.45, 7) is 3.96. The van der Waals surface area contributed by atoms with Crippen molar-refractivity contribution in [3.63, 3.8) is 0 Å². The van der Waals surface area contributed by atoms with Gasteiger partial charge in [0.1, 0.15) is 0 Å². The fourth-order valence-corrected chi connectivity index (χ4v) is 4.46. The van der Waals surface area contributed by atoms with E-state index in [2.05, 4.69) is 36.4 Å². The summed E-state index contributed by atoms with van der Waals surface area (Å²) in [4.78, 5) is 23.4. The van der Waals surface area contributed by atoms with Crippen molar-refractivity contribution in [2.24, 2.45) is 0 Å². The van der Waals surface area contributed by atoms with E-state index in [1.54, 1.807) is 20.0 Å². The average molecular weight is 479 g/mol. The molecule has 0 saturated heterocycles. The van der Waals surface area contributed by atoms with Crippen LogP contribution in [0.4, 0.5) is 5.69 Å².